The van der Waals surface area contributed by atoms with E-state index in [2.05, 4.69) is 26.3 Å². The van der Waals surface area contributed by atoms with Crippen molar-refractivity contribution in [3.05, 3.63) is 72.2 Å². The second kappa shape index (κ2) is 6.20. The Balaban J connectivity index is 1.59. The molecule has 0 atom stereocenters. The lowest BCUT2D eigenvalue weighted by Gasteiger charge is -2.03. The Hall–Kier alpha value is -3.47. The van der Waals surface area contributed by atoms with Gasteiger partial charge in [-0.1, -0.05) is 24.3 Å². The molecule has 0 bridgehead atoms. The van der Waals surface area contributed by atoms with Crippen LogP contribution < -0.4 is 5.32 Å². The molecular weight excluding hydrogens is 312 g/mol. The van der Waals surface area contributed by atoms with Gasteiger partial charge in [0.2, 0.25) is 5.91 Å². The van der Waals surface area contributed by atoms with E-state index in [1.807, 2.05) is 43.3 Å². The smallest absolute Gasteiger partial charge is 0.249 e. The largest absolute Gasteiger partial charge is 0.353 e. The molecule has 0 unspecified atom stereocenters. The van der Waals surface area contributed by atoms with Gasteiger partial charge in [-0.05, 0) is 36.8 Å². The Labute approximate surface area is 144 Å². The fourth-order valence-corrected chi connectivity index (χ4v) is 2.79. The SMILES string of the molecule is Cc1cccnc1NC(=O)/C=C/c1cc2c(cn1)[nH]c1ccccc12. The minimum absolute atomic E-state index is 0.234. The van der Waals surface area contributed by atoms with Gasteiger partial charge in [-0.25, -0.2) is 4.98 Å². The first kappa shape index (κ1) is 15.1. The molecule has 4 rings (SSSR count). The van der Waals surface area contributed by atoms with Gasteiger partial charge >= 0.3 is 0 Å². The number of nitrogens with zero attached hydrogens (tertiary/aromatic N) is 2. The minimum Gasteiger partial charge on any atom is -0.353 e. The number of hydrogen-bond donors (Lipinski definition) is 2. The second-order valence-electron chi connectivity index (χ2n) is 5.82. The van der Waals surface area contributed by atoms with E-state index in [0.717, 1.165) is 33.1 Å². The van der Waals surface area contributed by atoms with Crippen LogP contribution in [0.1, 0.15) is 11.3 Å². The molecule has 0 aliphatic heterocycles. The molecule has 0 fully saturated rings. The van der Waals surface area contributed by atoms with Crippen molar-refractivity contribution in [3.8, 4) is 0 Å². The van der Waals surface area contributed by atoms with E-state index in [9.17, 15) is 4.79 Å². The van der Waals surface area contributed by atoms with Crippen molar-refractivity contribution in [1.29, 1.82) is 0 Å². The molecule has 1 amide bonds. The Morgan fingerprint density at radius 2 is 1.96 bits per heavy atom. The number of hydrogen-bond acceptors (Lipinski definition) is 3. The summed E-state index contributed by atoms with van der Waals surface area (Å²) in [5.41, 5.74) is 3.70. The molecule has 4 aromatic rings. The summed E-state index contributed by atoms with van der Waals surface area (Å²) in [6.45, 7) is 1.90. The molecule has 0 aliphatic rings. The van der Waals surface area contributed by atoms with E-state index in [1.165, 1.54) is 6.08 Å². The van der Waals surface area contributed by atoms with E-state index in [0.29, 0.717) is 5.82 Å². The van der Waals surface area contributed by atoms with Crippen molar-refractivity contribution in [2.24, 2.45) is 0 Å². The van der Waals surface area contributed by atoms with Crippen LogP contribution in [-0.4, -0.2) is 20.9 Å². The number of nitrogens with one attached hydrogen (secondary N) is 2. The Morgan fingerprint density at radius 3 is 2.84 bits per heavy atom. The van der Waals surface area contributed by atoms with Crippen LogP contribution in [0.2, 0.25) is 0 Å². The Bertz CT molecular complexity index is 1110. The van der Waals surface area contributed by atoms with Crippen LogP contribution in [-0.2, 0) is 4.79 Å². The van der Waals surface area contributed by atoms with E-state index in [4.69, 9.17) is 0 Å². The highest BCUT2D eigenvalue weighted by Gasteiger charge is 2.05. The van der Waals surface area contributed by atoms with Crippen LogP contribution >= 0.6 is 0 Å². The van der Waals surface area contributed by atoms with Gasteiger partial charge in [-0.15, -0.1) is 0 Å². The molecule has 3 heterocycles. The normalized spacial score (nSPS) is 11.4. The average molecular weight is 328 g/mol. The van der Waals surface area contributed by atoms with Gasteiger partial charge < -0.3 is 10.3 Å². The number of aromatic nitrogens is 3. The summed E-state index contributed by atoms with van der Waals surface area (Å²) < 4.78 is 0. The summed E-state index contributed by atoms with van der Waals surface area (Å²) in [7, 11) is 0. The standard InChI is InChI=1S/C20H16N4O/c1-13-5-4-10-21-20(13)24-19(25)9-8-14-11-16-15-6-2-3-7-17(15)23-18(16)12-22-14/h2-12,23H,1H3,(H,21,24,25)/b9-8+. The highest BCUT2D eigenvalue weighted by molar-refractivity contribution is 6.07. The maximum atomic E-state index is 12.1. The number of para-hydroxylation sites is 1. The van der Waals surface area contributed by atoms with Gasteiger partial charge in [-0.3, -0.25) is 9.78 Å². The predicted molar refractivity (Wildman–Crippen MR) is 100 cm³/mol. The number of anilines is 1. The summed E-state index contributed by atoms with van der Waals surface area (Å²) in [5.74, 6) is 0.333. The van der Waals surface area contributed by atoms with Crippen molar-refractivity contribution in [1.82, 2.24) is 15.0 Å². The third kappa shape index (κ3) is 2.99. The van der Waals surface area contributed by atoms with E-state index < -0.39 is 0 Å². The van der Waals surface area contributed by atoms with Crippen molar-refractivity contribution in [2.75, 3.05) is 5.32 Å². The number of benzene rings is 1. The van der Waals surface area contributed by atoms with Crippen LogP contribution in [0.4, 0.5) is 5.82 Å². The number of aromatic amines is 1. The van der Waals surface area contributed by atoms with Crippen LogP contribution in [0.5, 0.6) is 0 Å². The molecule has 122 valence electrons. The molecule has 0 saturated carbocycles. The number of H-pyrrole nitrogens is 1. The molecule has 0 aliphatic carbocycles. The fraction of sp³-hybridized carbons (Fsp3) is 0.0500. The molecule has 5 heteroatoms. The summed E-state index contributed by atoms with van der Waals surface area (Å²) in [6.07, 6.45) is 6.61. The predicted octanol–water partition coefficient (Wildman–Crippen LogP) is 4.07. The van der Waals surface area contributed by atoms with E-state index >= 15 is 0 Å². The molecular formula is C20H16N4O. The molecule has 25 heavy (non-hydrogen) atoms. The molecule has 0 radical (unpaired) electrons. The molecule has 2 N–H and O–H groups in total. The molecule has 1 aromatic carbocycles. The second-order valence-corrected chi connectivity index (χ2v) is 5.82. The van der Waals surface area contributed by atoms with Crippen LogP contribution in [0, 0.1) is 6.92 Å². The number of amides is 1. The van der Waals surface area contributed by atoms with Crippen molar-refractivity contribution >= 4 is 39.6 Å². The average Bonchev–Trinajstić information content (AvgIpc) is 3.00. The maximum absolute atomic E-state index is 12.1. The zero-order valence-electron chi connectivity index (χ0n) is 13.7. The topological polar surface area (TPSA) is 70.7 Å². The summed E-state index contributed by atoms with van der Waals surface area (Å²) in [6, 6.07) is 13.8. The molecule has 0 saturated heterocycles. The number of pyridine rings is 2. The summed E-state index contributed by atoms with van der Waals surface area (Å²) in [4.78, 5) is 24.0. The molecule has 5 nitrogen and oxygen atoms in total. The van der Waals surface area contributed by atoms with Gasteiger partial charge in [-0.2, -0.15) is 0 Å². The van der Waals surface area contributed by atoms with Crippen molar-refractivity contribution in [3.63, 3.8) is 0 Å². The minimum atomic E-state index is -0.234. The first-order valence-electron chi connectivity index (χ1n) is 7.98. The van der Waals surface area contributed by atoms with Crippen LogP contribution in [0.25, 0.3) is 27.9 Å². The first-order chi connectivity index (χ1) is 12.2. The van der Waals surface area contributed by atoms with Crippen molar-refractivity contribution in [2.45, 2.75) is 6.92 Å². The van der Waals surface area contributed by atoms with Gasteiger partial charge in [0.1, 0.15) is 5.82 Å². The summed E-state index contributed by atoms with van der Waals surface area (Å²) >= 11 is 0. The maximum Gasteiger partial charge on any atom is 0.249 e. The highest BCUT2D eigenvalue weighted by atomic mass is 16.1. The van der Waals surface area contributed by atoms with Crippen molar-refractivity contribution < 1.29 is 4.79 Å². The molecule has 0 spiro atoms. The fourth-order valence-electron chi connectivity index (χ4n) is 2.79. The zero-order chi connectivity index (χ0) is 17.2. The monoisotopic (exact) mass is 328 g/mol. The molecule has 3 aromatic heterocycles. The lowest BCUT2D eigenvalue weighted by molar-refractivity contribution is -0.111. The lowest BCUT2D eigenvalue weighted by Crippen LogP contribution is -2.10. The third-order valence-corrected chi connectivity index (χ3v) is 4.07. The van der Waals surface area contributed by atoms with Crippen LogP contribution in [0.15, 0.2) is 60.9 Å². The zero-order valence-corrected chi connectivity index (χ0v) is 13.7. The van der Waals surface area contributed by atoms with Gasteiger partial charge in [0.25, 0.3) is 0 Å². The highest BCUT2D eigenvalue weighted by Crippen LogP contribution is 2.25. The first-order valence-corrected chi connectivity index (χ1v) is 7.98. The Kier molecular flexibility index (Phi) is 3.74. The number of carbonyl (C=O) groups excluding carboxylic acids is 1. The third-order valence-electron chi connectivity index (χ3n) is 4.07. The number of rotatable bonds is 3. The van der Waals surface area contributed by atoms with Gasteiger partial charge in [0.15, 0.2) is 0 Å². The van der Waals surface area contributed by atoms with Gasteiger partial charge in [0, 0.05) is 28.6 Å². The Morgan fingerprint density at radius 1 is 1.08 bits per heavy atom. The van der Waals surface area contributed by atoms with E-state index in [1.54, 1.807) is 18.5 Å². The quantitative estimate of drug-likeness (QED) is 0.557. The van der Waals surface area contributed by atoms with Gasteiger partial charge in [0.05, 0.1) is 17.4 Å². The lowest BCUT2D eigenvalue weighted by atomic mass is 10.1. The number of aryl methyl sites for hydroxylation is 1. The number of carbonyl (C=O) groups is 1. The number of fused-ring (bicyclic) bond motifs is 3. The van der Waals surface area contributed by atoms with Crippen LogP contribution in [0.3, 0.4) is 0 Å². The van der Waals surface area contributed by atoms with E-state index in [-0.39, 0.29) is 5.91 Å². The summed E-state index contributed by atoms with van der Waals surface area (Å²) in [5, 5.41) is 5.00.